The molecule has 0 aromatic rings. The molecule has 0 aromatic heterocycles. The summed E-state index contributed by atoms with van der Waals surface area (Å²) in [6, 6.07) is 0. The summed E-state index contributed by atoms with van der Waals surface area (Å²) in [5, 5.41) is 141. The van der Waals surface area contributed by atoms with Crippen molar-refractivity contribution in [2.75, 3.05) is 46.2 Å². The summed E-state index contributed by atoms with van der Waals surface area (Å²) in [6.07, 6.45) is -10.5. The van der Waals surface area contributed by atoms with E-state index in [1.54, 1.807) is 0 Å². The number of rotatable bonds is 31. The molecule has 6 rings (SSSR count). The van der Waals surface area contributed by atoms with Crippen molar-refractivity contribution in [2.24, 2.45) is 0 Å². The second kappa shape index (κ2) is 38.1. The average molecular weight is 1290 g/mol. The topological polar surface area (TPSA) is 374 Å². The van der Waals surface area contributed by atoms with Gasteiger partial charge in [0.05, 0.1) is 46.2 Å². The quantitative estimate of drug-likeness (QED) is 0.0442. The Balaban J connectivity index is 0.875. The zero-order chi connectivity index (χ0) is 65.8. The van der Waals surface area contributed by atoms with Crippen molar-refractivity contribution in [3.63, 3.8) is 0 Å². The molecule has 6 aliphatic rings. The molecule has 6 heterocycles. The molecule has 0 saturated carbocycles. The van der Waals surface area contributed by atoms with Crippen LogP contribution in [0.15, 0.2) is 81.5 Å². The van der Waals surface area contributed by atoms with Gasteiger partial charge in [-0.05, 0) is 132 Å². The summed E-state index contributed by atoms with van der Waals surface area (Å²) in [4.78, 5) is 0. The molecule has 25 heteroatoms. The van der Waals surface area contributed by atoms with E-state index < -0.39 is 181 Å². The Kier molecular flexibility index (Phi) is 32.2. The molecule has 24 unspecified atom stereocenters. The molecule has 0 spiro atoms. The zero-order valence-corrected chi connectivity index (χ0v) is 53.5. The van der Waals surface area contributed by atoms with Gasteiger partial charge in [0.1, 0.15) is 110 Å². The van der Waals surface area contributed by atoms with Crippen LogP contribution < -0.4 is 0 Å². The average Bonchev–Trinajstić information content (AvgIpc) is 1.03. The van der Waals surface area contributed by atoms with Crippen molar-refractivity contribution in [3.05, 3.63) is 81.5 Å². The van der Waals surface area contributed by atoms with Crippen LogP contribution in [0.4, 0.5) is 0 Å². The van der Waals surface area contributed by atoms with Gasteiger partial charge in [-0.25, -0.2) is 0 Å². The van der Waals surface area contributed by atoms with Crippen LogP contribution in [0.2, 0.25) is 0 Å². The lowest BCUT2D eigenvalue weighted by Crippen LogP contribution is -2.64. The van der Waals surface area contributed by atoms with E-state index in [0.717, 1.165) is 82.6 Å². The molecule has 6 aliphatic heterocycles. The Labute approximate surface area is 529 Å². The maximum absolute atomic E-state index is 11.4. The highest BCUT2D eigenvalue weighted by molar-refractivity contribution is 5.10. The normalized spacial score (nSPS) is 39.0. The van der Waals surface area contributed by atoms with Gasteiger partial charge >= 0.3 is 0 Å². The van der Waals surface area contributed by atoms with Gasteiger partial charge in [-0.15, -0.1) is 0 Å². The van der Waals surface area contributed by atoms with E-state index in [0.29, 0.717) is 0 Å². The molecule has 13 N–H and O–H groups in total. The Hall–Kier alpha value is -2.82. The van der Waals surface area contributed by atoms with Gasteiger partial charge in [0.15, 0.2) is 37.7 Å². The molecule has 0 amide bonds. The Bertz CT molecular complexity index is 2360. The lowest BCUT2D eigenvalue weighted by molar-refractivity contribution is -0.374. The van der Waals surface area contributed by atoms with Gasteiger partial charge < -0.3 is 123 Å². The van der Waals surface area contributed by atoms with Crippen LogP contribution in [0.5, 0.6) is 0 Å². The van der Waals surface area contributed by atoms with Crippen LogP contribution in [0.3, 0.4) is 0 Å². The molecule has 24 atom stereocenters. The molecule has 0 radical (unpaired) electrons. The molecule has 90 heavy (non-hydrogen) atoms. The predicted octanol–water partition coefficient (Wildman–Crippen LogP) is 2.08. The van der Waals surface area contributed by atoms with Crippen molar-refractivity contribution < 1.29 is 123 Å². The van der Waals surface area contributed by atoms with Crippen LogP contribution in [-0.2, 0) is 56.8 Å². The Morgan fingerprint density at radius 3 is 0.889 bits per heavy atom. The number of aliphatic hydroxyl groups is 13. The summed E-state index contributed by atoms with van der Waals surface area (Å²) < 4.78 is 67.6. The minimum absolute atomic E-state index is 0.0993. The molecule has 0 aromatic carbocycles. The van der Waals surface area contributed by atoms with Crippen LogP contribution in [-0.4, -0.2) is 260 Å². The van der Waals surface area contributed by atoms with Crippen LogP contribution in [0, 0.1) is 0 Å². The van der Waals surface area contributed by atoms with Crippen molar-refractivity contribution in [1.29, 1.82) is 0 Å². The van der Waals surface area contributed by atoms with Crippen LogP contribution in [0.25, 0.3) is 0 Å². The maximum Gasteiger partial charge on any atom is 0.186 e. The van der Waals surface area contributed by atoms with E-state index in [1.165, 1.54) is 33.4 Å². The summed E-state index contributed by atoms with van der Waals surface area (Å²) in [6.45, 7) is 14.7. The van der Waals surface area contributed by atoms with E-state index in [4.69, 9.17) is 56.8 Å². The maximum atomic E-state index is 11.4. The van der Waals surface area contributed by atoms with E-state index >= 15 is 0 Å². The standard InChI is InChI=1S/C65H106O25/c1-35(2)15-9-16-36(3)17-10-18-37(4)19-11-20-38(5)21-12-22-39(6)23-13-24-40(7)25-14-26-41(8)27-28-79-60-51(74)49(72)47(34-85-60)86-62-52(75)56(43(67)30-81-62)88-64-54(77)58(45(69)32-83-64)90-65-55(78)59(46(70)33-84-65)89-63-53(76)57(44(68)31-82-63)87-61-50(73)48(71)42(66)29-80-61/h15,17,19,21,23,25,27,42-78H,9-14,16,18,20,22,24,26,28-34H2,1-8H3. The largest absolute Gasteiger partial charge is 0.388 e. The summed E-state index contributed by atoms with van der Waals surface area (Å²) in [5.41, 5.74) is 9.57. The molecule has 6 fully saturated rings. The highest BCUT2D eigenvalue weighted by Crippen LogP contribution is 2.33. The number of aliphatic hydroxyl groups excluding tert-OH is 13. The predicted molar refractivity (Wildman–Crippen MR) is 324 cm³/mol. The fourth-order valence-electron chi connectivity index (χ4n) is 11.2. The lowest BCUT2D eigenvalue weighted by atomic mass is 10.0. The zero-order valence-electron chi connectivity index (χ0n) is 53.5. The summed E-state index contributed by atoms with van der Waals surface area (Å²) in [7, 11) is 0. The van der Waals surface area contributed by atoms with Crippen molar-refractivity contribution in [2.45, 2.75) is 280 Å². The van der Waals surface area contributed by atoms with Gasteiger partial charge in [-0.2, -0.15) is 0 Å². The molecule has 0 aliphatic carbocycles. The summed E-state index contributed by atoms with van der Waals surface area (Å²) in [5.74, 6) is 0. The van der Waals surface area contributed by atoms with E-state index in [9.17, 15) is 66.4 Å². The highest BCUT2D eigenvalue weighted by atomic mass is 16.8. The minimum Gasteiger partial charge on any atom is -0.388 e. The third-order valence-corrected chi connectivity index (χ3v) is 17.0. The lowest BCUT2D eigenvalue weighted by Gasteiger charge is -2.46. The monoisotopic (exact) mass is 1290 g/mol. The molecular formula is C65H106O25. The smallest absolute Gasteiger partial charge is 0.186 e. The molecule has 25 nitrogen and oxygen atoms in total. The van der Waals surface area contributed by atoms with Gasteiger partial charge in [-0.1, -0.05) is 81.5 Å². The van der Waals surface area contributed by atoms with Gasteiger partial charge in [0.2, 0.25) is 0 Å². The number of hydrogen-bond donors (Lipinski definition) is 13. The van der Waals surface area contributed by atoms with Gasteiger partial charge in [0.25, 0.3) is 0 Å². The second-order valence-corrected chi connectivity index (χ2v) is 25.2. The second-order valence-electron chi connectivity index (χ2n) is 25.2. The minimum atomic E-state index is -1.91. The third kappa shape index (κ3) is 23.2. The molecule has 516 valence electrons. The molecule has 0 bridgehead atoms. The van der Waals surface area contributed by atoms with Crippen molar-refractivity contribution in [3.8, 4) is 0 Å². The van der Waals surface area contributed by atoms with Gasteiger partial charge in [-0.3, -0.25) is 0 Å². The molecule has 6 saturated heterocycles. The first-order valence-electron chi connectivity index (χ1n) is 31.8. The van der Waals surface area contributed by atoms with Crippen LogP contribution in [0.1, 0.15) is 132 Å². The van der Waals surface area contributed by atoms with E-state index in [-0.39, 0.29) is 13.2 Å². The molecular weight excluding hydrogens is 1180 g/mol. The third-order valence-electron chi connectivity index (χ3n) is 17.0. The highest BCUT2D eigenvalue weighted by Gasteiger charge is 2.53. The fourth-order valence-corrected chi connectivity index (χ4v) is 11.2. The number of allylic oxidation sites excluding steroid dienone is 13. The van der Waals surface area contributed by atoms with Crippen molar-refractivity contribution >= 4 is 0 Å². The number of ether oxygens (including phenoxy) is 12. The van der Waals surface area contributed by atoms with Crippen LogP contribution >= 0.6 is 0 Å². The SMILES string of the molecule is CC(C)=CCCC(C)=CCCC(C)=CCCC(C)=CCCC(C)=CCCC(C)=CCCC(C)=CCOC1OCC(OC2OCC(O)C(OC3OCC(O)C(OC4OCC(O)C(OC5OCC(O)C(OC6OCC(O)C(O)C6O)C5O)C4O)C3O)C2O)C(O)C1O. The fraction of sp³-hybridized carbons (Fsp3) is 0.785. The van der Waals surface area contributed by atoms with E-state index in [1.807, 2.05) is 13.0 Å². The summed E-state index contributed by atoms with van der Waals surface area (Å²) >= 11 is 0. The Morgan fingerprint density at radius 2 is 0.556 bits per heavy atom. The Morgan fingerprint density at radius 1 is 0.289 bits per heavy atom. The van der Waals surface area contributed by atoms with Gasteiger partial charge in [0, 0.05) is 0 Å². The first-order chi connectivity index (χ1) is 42.8. The van der Waals surface area contributed by atoms with Crippen molar-refractivity contribution in [1.82, 2.24) is 0 Å². The number of hydrogen-bond acceptors (Lipinski definition) is 25. The van der Waals surface area contributed by atoms with E-state index in [2.05, 4.69) is 84.9 Å². The first-order valence-corrected chi connectivity index (χ1v) is 31.8. The first kappa shape index (κ1) is 76.2.